The molecule has 2 N–H and O–H groups in total. The van der Waals surface area contributed by atoms with Crippen molar-refractivity contribution in [3.05, 3.63) is 0 Å². The normalized spacial score (nSPS) is 18.9. The van der Waals surface area contributed by atoms with Gasteiger partial charge in [-0.05, 0) is 6.92 Å². The maximum Gasteiger partial charge on any atom is 0.0872 e. The molecule has 0 aliphatic carbocycles. The zero-order valence-electron chi connectivity index (χ0n) is 4.59. The minimum atomic E-state index is 0.0448. The first-order chi connectivity index (χ1) is 3.18. The Bertz CT molecular complexity index is 49.0. The molecule has 0 aromatic rings. The summed E-state index contributed by atoms with van der Waals surface area (Å²) in [4.78, 5) is 4.44. The number of nitrogens with two attached hydrogens (primary N) is 1. The molecule has 0 aromatic carbocycles. The first kappa shape index (κ1) is 7.27. The largest absolute Gasteiger partial charge is 0.300 e. The van der Waals surface area contributed by atoms with Crippen LogP contribution in [0.2, 0.25) is 0 Å². The lowest BCUT2D eigenvalue weighted by molar-refractivity contribution is 0.0684. The summed E-state index contributed by atoms with van der Waals surface area (Å²) >= 11 is 4.07. The van der Waals surface area contributed by atoms with E-state index >= 15 is 0 Å². The molecule has 0 bridgehead atoms. The average molecular weight is 121 g/mol. The van der Waals surface area contributed by atoms with Crippen LogP contribution in [0.3, 0.4) is 0 Å². The van der Waals surface area contributed by atoms with Crippen molar-refractivity contribution in [2.75, 3.05) is 0 Å². The molecule has 2 nitrogen and oxygen atoms in total. The van der Waals surface area contributed by atoms with Gasteiger partial charge in [0.25, 0.3) is 0 Å². The third-order valence-corrected chi connectivity index (χ3v) is 1.31. The van der Waals surface area contributed by atoms with Crippen LogP contribution in [0.15, 0.2) is 0 Å². The Morgan fingerprint density at radius 3 is 2.00 bits per heavy atom. The minimum Gasteiger partial charge on any atom is -0.300 e. The Labute approximate surface area is 49.4 Å². The second-order valence-electron chi connectivity index (χ2n) is 1.58. The van der Waals surface area contributed by atoms with E-state index in [2.05, 4.69) is 17.5 Å². The Morgan fingerprint density at radius 2 is 2.00 bits per heavy atom. The molecular weight excluding hydrogens is 110 g/mol. The Morgan fingerprint density at radius 1 is 1.57 bits per heavy atom. The van der Waals surface area contributed by atoms with Gasteiger partial charge < -0.3 is 4.84 Å². The summed E-state index contributed by atoms with van der Waals surface area (Å²) in [5.74, 6) is 4.82. The maximum atomic E-state index is 4.82. The van der Waals surface area contributed by atoms with Crippen LogP contribution in [0.25, 0.3) is 0 Å². The highest BCUT2D eigenvalue weighted by molar-refractivity contribution is 7.81. The first-order valence-electron chi connectivity index (χ1n) is 2.22. The van der Waals surface area contributed by atoms with Crippen molar-refractivity contribution in [1.82, 2.24) is 0 Å². The molecule has 0 amide bonds. The second kappa shape index (κ2) is 3.29. The van der Waals surface area contributed by atoms with Crippen molar-refractivity contribution >= 4 is 12.6 Å². The highest BCUT2D eigenvalue weighted by atomic mass is 32.1. The van der Waals surface area contributed by atoms with Crippen LogP contribution in [0.1, 0.15) is 13.8 Å². The number of hydrogen-bond donors (Lipinski definition) is 2. The zero-order valence-corrected chi connectivity index (χ0v) is 5.48. The molecule has 0 aromatic heterocycles. The summed E-state index contributed by atoms with van der Waals surface area (Å²) in [6.07, 6.45) is 0.0448. The van der Waals surface area contributed by atoms with Crippen LogP contribution < -0.4 is 5.90 Å². The van der Waals surface area contributed by atoms with Gasteiger partial charge in [-0.3, -0.25) is 0 Å². The minimum absolute atomic E-state index is 0.0448. The topological polar surface area (TPSA) is 35.2 Å². The molecule has 44 valence electrons. The molecule has 0 saturated carbocycles. The van der Waals surface area contributed by atoms with Crippen LogP contribution in [-0.4, -0.2) is 11.4 Å². The van der Waals surface area contributed by atoms with Gasteiger partial charge in [-0.15, -0.1) is 0 Å². The SMILES string of the molecule is CC(S)C(C)ON. The zero-order chi connectivity index (χ0) is 5.86. The lowest BCUT2D eigenvalue weighted by Gasteiger charge is -2.09. The fourth-order valence-electron chi connectivity index (χ4n) is 0.114. The molecule has 0 heterocycles. The van der Waals surface area contributed by atoms with Crippen LogP contribution >= 0.6 is 12.6 Å². The summed E-state index contributed by atoms with van der Waals surface area (Å²) in [7, 11) is 0. The van der Waals surface area contributed by atoms with Gasteiger partial charge in [-0.2, -0.15) is 12.6 Å². The summed E-state index contributed by atoms with van der Waals surface area (Å²) in [5, 5.41) is 0.213. The monoisotopic (exact) mass is 121 g/mol. The van der Waals surface area contributed by atoms with Crippen LogP contribution in [0, 0.1) is 0 Å². The van der Waals surface area contributed by atoms with Crippen molar-refractivity contribution < 1.29 is 4.84 Å². The van der Waals surface area contributed by atoms with Crippen LogP contribution in [0.5, 0.6) is 0 Å². The molecule has 0 rings (SSSR count). The number of thiol groups is 1. The van der Waals surface area contributed by atoms with E-state index in [1.165, 1.54) is 0 Å². The predicted molar refractivity (Wildman–Crippen MR) is 33.2 cm³/mol. The van der Waals surface area contributed by atoms with E-state index in [1.54, 1.807) is 0 Å². The van der Waals surface area contributed by atoms with E-state index in [1.807, 2.05) is 13.8 Å². The smallest absolute Gasteiger partial charge is 0.0872 e. The van der Waals surface area contributed by atoms with Gasteiger partial charge in [0.15, 0.2) is 0 Å². The second-order valence-corrected chi connectivity index (χ2v) is 2.40. The Kier molecular flexibility index (Phi) is 3.42. The molecule has 0 spiro atoms. The van der Waals surface area contributed by atoms with E-state index in [4.69, 9.17) is 5.90 Å². The lowest BCUT2D eigenvalue weighted by atomic mass is 10.3. The highest BCUT2D eigenvalue weighted by Gasteiger charge is 2.04. The maximum absolute atomic E-state index is 4.82. The molecule has 0 radical (unpaired) electrons. The van der Waals surface area contributed by atoms with E-state index in [-0.39, 0.29) is 11.4 Å². The van der Waals surface area contributed by atoms with Gasteiger partial charge in [0, 0.05) is 5.25 Å². The summed E-state index contributed by atoms with van der Waals surface area (Å²) in [6.45, 7) is 3.80. The van der Waals surface area contributed by atoms with Crippen molar-refractivity contribution in [3.8, 4) is 0 Å². The van der Waals surface area contributed by atoms with Gasteiger partial charge in [0.05, 0.1) is 6.10 Å². The van der Waals surface area contributed by atoms with Crippen LogP contribution in [-0.2, 0) is 4.84 Å². The van der Waals surface area contributed by atoms with Gasteiger partial charge in [0.2, 0.25) is 0 Å². The number of hydrogen-bond acceptors (Lipinski definition) is 3. The molecule has 0 aliphatic rings. The molecule has 7 heavy (non-hydrogen) atoms. The fourth-order valence-corrected chi connectivity index (χ4v) is 0.184. The predicted octanol–water partition coefficient (Wildman–Crippen LogP) is 0.584. The summed E-state index contributed by atoms with van der Waals surface area (Å²) in [5.41, 5.74) is 0. The highest BCUT2D eigenvalue weighted by Crippen LogP contribution is 2.00. The molecule has 0 aliphatic heterocycles. The Balaban J connectivity index is 3.14. The lowest BCUT2D eigenvalue weighted by Crippen LogP contribution is -2.21. The quantitative estimate of drug-likeness (QED) is 0.414. The molecular formula is C4H11NOS. The van der Waals surface area contributed by atoms with Gasteiger partial charge in [-0.25, -0.2) is 5.90 Å². The molecule has 0 saturated heterocycles. The van der Waals surface area contributed by atoms with E-state index in [0.717, 1.165) is 0 Å². The van der Waals surface area contributed by atoms with Gasteiger partial charge >= 0.3 is 0 Å². The molecule has 2 unspecified atom stereocenters. The third kappa shape index (κ3) is 2.91. The van der Waals surface area contributed by atoms with Crippen molar-refractivity contribution in [2.45, 2.75) is 25.2 Å². The van der Waals surface area contributed by atoms with Crippen molar-refractivity contribution in [2.24, 2.45) is 5.90 Å². The van der Waals surface area contributed by atoms with Crippen molar-refractivity contribution in [3.63, 3.8) is 0 Å². The summed E-state index contributed by atoms with van der Waals surface area (Å²) in [6, 6.07) is 0. The van der Waals surface area contributed by atoms with Crippen LogP contribution in [0.4, 0.5) is 0 Å². The molecule has 2 atom stereocenters. The van der Waals surface area contributed by atoms with E-state index in [9.17, 15) is 0 Å². The van der Waals surface area contributed by atoms with E-state index in [0.29, 0.717) is 0 Å². The fraction of sp³-hybridized carbons (Fsp3) is 1.00. The van der Waals surface area contributed by atoms with E-state index < -0.39 is 0 Å². The first-order valence-corrected chi connectivity index (χ1v) is 2.73. The average Bonchev–Trinajstić information content (AvgIpc) is 1.65. The molecule has 3 heteroatoms. The summed E-state index contributed by atoms with van der Waals surface area (Å²) < 4.78 is 0. The van der Waals surface area contributed by atoms with Gasteiger partial charge in [-0.1, -0.05) is 6.92 Å². The third-order valence-electron chi connectivity index (χ3n) is 0.894. The van der Waals surface area contributed by atoms with Crippen molar-refractivity contribution in [1.29, 1.82) is 0 Å². The molecule has 0 fully saturated rings. The standard InChI is InChI=1S/C4H11NOS/c1-3(6-5)4(2)7/h3-4,7H,5H2,1-2H3. The van der Waals surface area contributed by atoms with Gasteiger partial charge in [0.1, 0.15) is 0 Å². The number of rotatable bonds is 2. The Hall–Kier alpha value is 0.270.